The Kier molecular flexibility index (Phi) is 8.42. The SMILES string of the molecule is COCCNCC(=O)NCCN1CCSCC1. The van der Waals surface area contributed by atoms with Gasteiger partial charge < -0.3 is 15.4 Å². The van der Waals surface area contributed by atoms with Crippen LogP contribution in [0.3, 0.4) is 0 Å². The third kappa shape index (κ3) is 7.59. The van der Waals surface area contributed by atoms with Gasteiger partial charge in [0.1, 0.15) is 0 Å². The summed E-state index contributed by atoms with van der Waals surface area (Å²) in [4.78, 5) is 13.8. The Hall–Kier alpha value is -0.300. The lowest BCUT2D eigenvalue weighted by atomic mass is 10.4. The second-order valence-corrected chi connectivity index (χ2v) is 5.20. The molecule has 17 heavy (non-hydrogen) atoms. The number of nitrogens with zero attached hydrogens (tertiary/aromatic N) is 1. The van der Waals surface area contributed by atoms with Crippen LogP contribution in [0.4, 0.5) is 0 Å². The average Bonchev–Trinajstić information content (AvgIpc) is 2.36. The highest BCUT2D eigenvalue weighted by molar-refractivity contribution is 7.99. The first-order chi connectivity index (χ1) is 8.33. The van der Waals surface area contributed by atoms with Crippen LogP contribution in [0.15, 0.2) is 0 Å². The lowest BCUT2D eigenvalue weighted by molar-refractivity contribution is -0.120. The zero-order valence-electron chi connectivity index (χ0n) is 10.5. The fourth-order valence-corrected chi connectivity index (χ4v) is 2.60. The van der Waals surface area contributed by atoms with E-state index in [1.54, 1.807) is 7.11 Å². The molecule has 1 saturated heterocycles. The Morgan fingerprint density at radius 1 is 1.35 bits per heavy atom. The van der Waals surface area contributed by atoms with Gasteiger partial charge in [-0.1, -0.05) is 0 Å². The van der Waals surface area contributed by atoms with E-state index in [9.17, 15) is 4.79 Å². The number of amides is 1. The van der Waals surface area contributed by atoms with Crippen LogP contribution in [0.25, 0.3) is 0 Å². The highest BCUT2D eigenvalue weighted by atomic mass is 32.2. The molecule has 0 atom stereocenters. The summed E-state index contributed by atoms with van der Waals surface area (Å²) in [6.07, 6.45) is 0. The maximum absolute atomic E-state index is 11.4. The first kappa shape index (κ1) is 14.8. The Labute approximate surface area is 108 Å². The molecule has 1 amide bonds. The topological polar surface area (TPSA) is 53.6 Å². The third-order valence-corrected chi connectivity index (χ3v) is 3.56. The smallest absolute Gasteiger partial charge is 0.234 e. The molecule has 1 aliphatic heterocycles. The third-order valence-electron chi connectivity index (χ3n) is 2.62. The normalized spacial score (nSPS) is 17.0. The molecule has 0 unspecified atom stereocenters. The van der Waals surface area contributed by atoms with Gasteiger partial charge in [-0.25, -0.2) is 0 Å². The minimum atomic E-state index is 0.0625. The molecule has 0 bridgehead atoms. The maximum atomic E-state index is 11.4. The van der Waals surface area contributed by atoms with Gasteiger partial charge in [0.15, 0.2) is 0 Å². The van der Waals surface area contributed by atoms with Gasteiger partial charge in [0.05, 0.1) is 13.2 Å². The number of thioether (sulfide) groups is 1. The van der Waals surface area contributed by atoms with Crippen LogP contribution in [0.2, 0.25) is 0 Å². The maximum Gasteiger partial charge on any atom is 0.234 e. The van der Waals surface area contributed by atoms with Crippen molar-refractivity contribution < 1.29 is 9.53 Å². The van der Waals surface area contributed by atoms with Gasteiger partial charge in [-0.15, -0.1) is 0 Å². The van der Waals surface area contributed by atoms with E-state index in [1.807, 2.05) is 11.8 Å². The van der Waals surface area contributed by atoms with Crippen LogP contribution < -0.4 is 10.6 Å². The predicted octanol–water partition coefficient (Wildman–Crippen LogP) is -0.613. The second kappa shape index (κ2) is 9.70. The van der Waals surface area contributed by atoms with Gasteiger partial charge in [0.25, 0.3) is 0 Å². The van der Waals surface area contributed by atoms with E-state index in [4.69, 9.17) is 4.74 Å². The molecule has 0 saturated carbocycles. The summed E-state index contributed by atoms with van der Waals surface area (Å²) in [7, 11) is 1.65. The van der Waals surface area contributed by atoms with Crippen LogP contribution in [0.5, 0.6) is 0 Å². The first-order valence-corrected chi connectivity index (χ1v) is 7.25. The van der Waals surface area contributed by atoms with Gasteiger partial charge in [0, 0.05) is 51.3 Å². The van der Waals surface area contributed by atoms with Crippen LogP contribution in [-0.4, -0.2) is 75.3 Å². The zero-order chi connectivity index (χ0) is 12.3. The van der Waals surface area contributed by atoms with E-state index in [1.165, 1.54) is 11.5 Å². The molecule has 0 aromatic heterocycles. The summed E-state index contributed by atoms with van der Waals surface area (Å²) in [5.41, 5.74) is 0. The first-order valence-electron chi connectivity index (χ1n) is 6.09. The highest BCUT2D eigenvalue weighted by Crippen LogP contribution is 2.07. The standard InChI is InChI=1S/C11H23N3O2S/c1-16-7-3-12-10-11(15)13-2-4-14-5-8-17-9-6-14/h12H,2-10H2,1H3,(H,13,15). The monoisotopic (exact) mass is 261 g/mol. The Balaban J connectivity index is 1.92. The summed E-state index contributed by atoms with van der Waals surface area (Å²) < 4.78 is 4.88. The molecular formula is C11H23N3O2S. The van der Waals surface area contributed by atoms with E-state index in [-0.39, 0.29) is 5.91 Å². The molecule has 0 aromatic rings. The number of carbonyl (C=O) groups is 1. The summed E-state index contributed by atoms with van der Waals surface area (Å²) in [6, 6.07) is 0. The van der Waals surface area contributed by atoms with Crippen molar-refractivity contribution >= 4 is 17.7 Å². The van der Waals surface area contributed by atoms with Crippen LogP contribution in [0.1, 0.15) is 0 Å². The Morgan fingerprint density at radius 2 is 2.12 bits per heavy atom. The molecule has 1 aliphatic rings. The summed E-state index contributed by atoms with van der Waals surface area (Å²) in [5.74, 6) is 2.49. The van der Waals surface area contributed by atoms with Crippen molar-refractivity contribution in [3.05, 3.63) is 0 Å². The van der Waals surface area contributed by atoms with Crippen LogP contribution >= 0.6 is 11.8 Å². The Bertz CT molecular complexity index is 211. The molecule has 0 aliphatic carbocycles. The molecule has 2 N–H and O–H groups in total. The molecule has 0 spiro atoms. The fourth-order valence-electron chi connectivity index (χ4n) is 1.62. The second-order valence-electron chi connectivity index (χ2n) is 3.97. The van der Waals surface area contributed by atoms with Crippen molar-refractivity contribution in [2.24, 2.45) is 0 Å². The van der Waals surface area contributed by atoms with E-state index < -0.39 is 0 Å². The Morgan fingerprint density at radius 3 is 2.82 bits per heavy atom. The van der Waals surface area contributed by atoms with E-state index in [0.29, 0.717) is 19.7 Å². The minimum absolute atomic E-state index is 0.0625. The van der Waals surface area contributed by atoms with E-state index in [2.05, 4.69) is 15.5 Å². The number of hydrogen-bond donors (Lipinski definition) is 2. The van der Waals surface area contributed by atoms with E-state index >= 15 is 0 Å². The van der Waals surface area contributed by atoms with Gasteiger partial charge in [-0.2, -0.15) is 11.8 Å². The van der Waals surface area contributed by atoms with Crippen LogP contribution in [-0.2, 0) is 9.53 Å². The van der Waals surface area contributed by atoms with Crippen molar-refractivity contribution in [3.8, 4) is 0 Å². The van der Waals surface area contributed by atoms with Crippen LogP contribution in [0, 0.1) is 0 Å². The molecular weight excluding hydrogens is 238 g/mol. The lowest BCUT2D eigenvalue weighted by Gasteiger charge is -2.25. The molecule has 1 rings (SSSR count). The lowest BCUT2D eigenvalue weighted by Crippen LogP contribution is -2.41. The summed E-state index contributed by atoms with van der Waals surface area (Å²) >= 11 is 2.00. The summed E-state index contributed by atoms with van der Waals surface area (Å²) in [5, 5.41) is 5.94. The zero-order valence-corrected chi connectivity index (χ0v) is 11.4. The quantitative estimate of drug-likeness (QED) is 0.571. The summed E-state index contributed by atoms with van der Waals surface area (Å²) in [6.45, 7) is 5.73. The number of rotatable bonds is 8. The molecule has 0 radical (unpaired) electrons. The predicted molar refractivity (Wildman–Crippen MR) is 71.5 cm³/mol. The largest absolute Gasteiger partial charge is 0.383 e. The molecule has 100 valence electrons. The number of hydrogen-bond acceptors (Lipinski definition) is 5. The molecule has 1 fully saturated rings. The van der Waals surface area contributed by atoms with Crippen molar-refractivity contribution in [3.63, 3.8) is 0 Å². The number of nitrogens with one attached hydrogen (secondary N) is 2. The molecule has 5 nitrogen and oxygen atoms in total. The molecule has 1 heterocycles. The van der Waals surface area contributed by atoms with Gasteiger partial charge in [-0.05, 0) is 0 Å². The average molecular weight is 261 g/mol. The van der Waals surface area contributed by atoms with Crippen molar-refractivity contribution in [1.29, 1.82) is 0 Å². The van der Waals surface area contributed by atoms with Crippen molar-refractivity contribution in [2.75, 3.05) is 64.5 Å². The molecule has 6 heteroatoms. The van der Waals surface area contributed by atoms with Crippen molar-refractivity contribution in [2.45, 2.75) is 0 Å². The van der Waals surface area contributed by atoms with Gasteiger partial charge in [0.2, 0.25) is 5.91 Å². The number of methoxy groups -OCH3 is 1. The molecule has 0 aromatic carbocycles. The van der Waals surface area contributed by atoms with Gasteiger partial charge >= 0.3 is 0 Å². The highest BCUT2D eigenvalue weighted by Gasteiger charge is 2.09. The number of carbonyl (C=O) groups excluding carboxylic acids is 1. The van der Waals surface area contributed by atoms with Crippen molar-refractivity contribution in [1.82, 2.24) is 15.5 Å². The number of ether oxygens (including phenoxy) is 1. The minimum Gasteiger partial charge on any atom is -0.383 e. The fraction of sp³-hybridized carbons (Fsp3) is 0.909. The van der Waals surface area contributed by atoms with E-state index in [0.717, 1.165) is 26.2 Å². The van der Waals surface area contributed by atoms with Gasteiger partial charge in [-0.3, -0.25) is 9.69 Å².